The van der Waals surface area contributed by atoms with Gasteiger partial charge in [0.05, 0.1) is 13.0 Å². The number of nitrogens with one attached hydrogen (secondary N) is 2. The molecule has 2 fully saturated rings. The number of benzene rings is 1. The number of rotatable bonds is 7. The molecule has 2 aliphatic rings. The zero-order chi connectivity index (χ0) is 23.4. The second kappa shape index (κ2) is 9.82. The number of hydrogen-bond donors (Lipinski definition) is 2. The Kier molecular flexibility index (Phi) is 6.68. The number of nitrogens with zero attached hydrogens (tertiary/aromatic N) is 2. The van der Waals surface area contributed by atoms with Gasteiger partial charge in [-0.2, -0.15) is 0 Å². The van der Waals surface area contributed by atoms with E-state index in [2.05, 4.69) is 10.6 Å². The van der Waals surface area contributed by atoms with Crippen molar-refractivity contribution in [2.45, 2.75) is 25.6 Å². The second-order valence-corrected chi connectivity index (χ2v) is 7.87. The molecular weight excluding hydrogens is 435 g/mol. The predicted molar refractivity (Wildman–Crippen MR) is 113 cm³/mol. The molecule has 0 saturated carbocycles. The highest BCUT2D eigenvalue weighted by Gasteiger charge is 2.33. The predicted octanol–water partition coefficient (Wildman–Crippen LogP) is 0.600. The van der Waals surface area contributed by atoms with Gasteiger partial charge in [-0.25, -0.2) is 9.18 Å². The summed E-state index contributed by atoms with van der Waals surface area (Å²) in [5, 5.41) is 4.53. The molecule has 0 unspecified atom stereocenters. The number of carbonyl (C=O) groups is 3. The van der Waals surface area contributed by atoms with E-state index in [1.165, 1.54) is 24.5 Å². The van der Waals surface area contributed by atoms with E-state index in [4.69, 9.17) is 9.15 Å². The van der Waals surface area contributed by atoms with Crippen molar-refractivity contribution < 1.29 is 27.9 Å². The topological polar surface area (TPSA) is 121 Å². The van der Waals surface area contributed by atoms with Gasteiger partial charge in [0.25, 0.3) is 5.91 Å². The molecule has 4 amide bonds. The number of ether oxygens (including phenoxy) is 1. The van der Waals surface area contributed by atoms with Crippen LogP contribution in [-0.2, 0) is 22.7 Å². The van der Waals surface area contributed by atoms with E-state index in [-0.39, 0.29) is 35.9 Å². The lowest BCUT2D eigenvalue weighted by molar-refractivity contribution is -0.135. The van der Waals surface area contributed by atoms with Crippen LogP contribution in [0.3, 0.4) is 0 Å². The molecule has 4 rings (SSSR count). The summed E-state index contributed by atoms with van der Waals surface area (Å²) in [5.41, 5.74) is 0.410. The van der Waals surface area contributed by atoms with Crippen LogP contribution in [0.2, 0.25) is 0 Å². The van der Waals surface area contributed by atoms with Crippen molar-refractivity contribution >= 4 is 17.8 Å². The summed E-state index contributed by atoms with van der Waals surface area (Å²) in [6, 6.07) is 5.75. The van der Waals surface area contributed by atoms with Crippen molar-refractivity contribution in [2.24, 2.45) is 0 Å². The Morgan fingerprint density at radius 2 is 1.85 bits per heavy atom. The monoisotopic (exact) mass is 458 g/mol. The van der Waals surface area contributed by atoms with Gasteiger partial charge in [0, 0.05) is 32.2 Å². The van der Waals surface area contributed by atoms with Crippen LogP contribution < -0.4 is 20.8 Å². The third-order valence-corrected chi connectivity index (χ3v) is 5.50. The average Bonchev–Trinajstić information content (AvgIpc) is 3.11. The van der Waals surface area contributed by atoms with Crippen LogP contribution >= 0.6 is 0 Å². The van der Waals surface area contributed by atoms with Gasteiger partial charge in [0.15, 0.2) is 0 Å². The van der Waals surface area contributed by atoms with Crippen LogP contribution in [0.15, 0.2) is 45.8 Å². The molecule has 1 atom stereocenters. The molecule has 0 aliphatic carbocycles. The average molecular weight is 458 g/mol. The van der Waals surface area contributed by atoms with Gasteiger partial charge in [-0.15, -0.1) is 0 Å². The molecule has 2 N–H and O–H groups in total. The van der Waals surface area contributed by atoms with Crippen LogP contribution in [0.5, 0.6) is 5.75 Å². The molecule has 2 aromatic rings. The summed E-state index contributed by atoms with van der Waals surface area (Å²) in [6.45, 7) is 2.58. The molecule has 174 valence electrons. The fourth-order valence-electron chi connectivity index (χ4n) is 3.65. The molecule has 11 heteroatoms. The maximum atomic E-state index is 13.0. The number of urea groups is 1. The smallest absolute Gasteiger partial charge is 0.322 e. The van der Waals surface area contributed by atoms with Gasteiger partial charge < -0.3 is 19.4 Å². The summed E-state index contributed by atoms with van der Waals surface area (Å²) < 4.78 is 24.0. The number of hydrogen-bond acceptors (Lipinski definition) is 7. The Hall–Kier alpha value is -3.73. The van der Waals surface area contributed by atoms with Gasteiger partial charge in [-0.05, 0) is 17.7 Å². The first-order chi connectivity index (χ1) is 15.9. The molecule has 2 saturated heterocycles. The normalized spacial score (nSPS) is 18.7. The molecule has 0 bridgehead atoms. The minimum atomic E-state index is -0.832. The minimum Gasteiger partial charge on any atom is -0.482 e. The van der Waals surface area contributed by atoms with E-state index < -0.39 is 18.0 Å². The Morgan fingerprint density at radius 3 is 2.48 bits per heavy atom. The SMILES string of the molecule is O=C1NC(=O)[C@@H](CC(=O)N2CCN(Cc3cc(=O)c(OCc4ccc(F)cc4)co3)CC2)N1. The quantitative estimate of drug-likeness (QED) is 0.583. The minimum absolute atomic E-state index is 0.0709. The number of imide groups is 1. The van der Waals surface area contributed by atoms with Crippen molar-refractivity contribution in [1.29, 1.82) is 0 Å². The molecule has 33 heavy (non-hydrogen) atoms. The van der Waals surface area contributed by atoms with E-state index in [1.54, 1.807) is 17.0 Å². The molecule has 10 nitrogen and oxygen atoms in total. The fraction of sp³-hybridized carbons (Fsp3) is 0.364. The van der Waals surface area contributed by atoms with E-state index in [1.807, 2.05) is 4.90 Å². The lowest BCUT2D eigenvalue weighted by Gasteiger charge is -2.34. The highest BCUT2D eigenvalue weighted by molar-refractivity contribution is 6.05. The standard InChI is InChI=1S/C22H23FN4O6/c23-15-3-1-14(2-4-15)12-33-19-13-32-16(9-18(19)28)11-26-5-7-27(8-6-26)20(29)10-17-21(30)25-22(31)24-17/h1-4,9,13,17H,5-8,10-12H2,(H2,24,25,30,31)/t17-/m1/s1. The fourth-order valence-corrected chi connectivity index (χ4v) is 3.65. The first-order valence-corrected chi connectivity index (χ1v) is 10.5. The zero-order valence-corrected chi connectivity index (χ0v) is 17.7. The number of halogens is 1. The van der Waals surface area contributed by atoms with Crippen LogP contribution in [0.1, 0.15) is 17.7 Å². The van der Waals surface area contributed by atoms with Crippen LogP contribution in [0, 0.1) is 5.82 Å². The van der Waals surface area contributed by atoms with Gasteiger partial charge in [-0.1, -0.05) is 12.1 Å². The van der Waals surface area contributed by atoms with Gasteiger partial charge in [-0.3, -0.25) is 24.6 Å². The highest BCUT2D eigenvalue weighted by Crippen LogP contribution is 2.13. The summed E-state index contributed by atoms with van der Waals surface area (Å²) >= 11 is 0. The van der Waals surface area contributed by atoms with Gasteiger partial charge in [0.1, 0.15) is 30.5 Å². The summed E-state index contributed by atoms with van der Waals surface area (Å²) in [7, 11) is 0. The Morgan fingerprint density at radius 1 is 1.12 bits per heavy atom. The molecule has 0 spiro atoms. The van der Waals surface area contributed by atoms with Crippen molar-refractivity contribution in [3.8, 4) is 5.75 Å². The first kappa shape index (κ1) is 22.5. The summed E-state index contributed by atoms with van der Waals surface area (Å²) in [4.78, 5) is 51.2. The molecular formula is C22H23FN4O6. The Bertz CT molecular complexity index is 1090. The van der Waals surface area contributed by atoms with E-state index >= 15 is 0 Å². The Balaban J connectivity index is 1.24. The summed E-state index contributed by atoms with van der Waals surface area (Å²) in [6.07, 6.45) is 1.19. The van der Waals surface area contributed by atoms with Gasteiger partial charge >= 0.3 is 6.03 Å². The van der Waals surface area contributed by atoms with Crippen LogP contribution in [0.25, 0.3) is 0 Å². The lowest BCUT2D eigenvalue weighted by Crippen LogP contribution is -2.49. The maximum Gasteiger partial charge on any atom is 0.322 e. The van der Waals surface area contributed by atoms with Crippen LogP contribution in [-0.4, -0.2) is 59.9 Å². The second-order valence-electron chi connectivity index (χ2n) is 7.87. The molecule has 1 aromatic heterocycles. The number of amides is 4. The lowest BCUT2D eigenvalue weighted by atomic mass is 10.1. The third kappa shape index (κ3) is 5.75. The number of piperazine rings is 1. The molecule has 1 aromatic carbocycles. The molecule has 0 radical (unpaired) electrons. The maximum absolute atomic E-state index is 13.0. The van der Waals surface area contributed by atoms with E-state index in [0.29, 0.717) is 38.5 Å². The van der Waals surface area contributed by atoms with Gasteiger partial charge in [0.2, 0.25) is 17.1 Å². The zero-order valence-electron chi connectivity index (χ0n) is 17.7. The third-order valence-electron chi connectivity index (χ3n) is 5.50. The van der Waals surface area contributed by atoms with Crippen LogP contribution in [0.4, 0.5) is 9.18 Å². The van der Waals surface area contributed by atoms with Crippen molar-refractivity contribution in [3.05, 3.63) is 64.0 Å². The van der Waals surface area contributed by atoms with E-state index in [0.717, 1.165) is 5.56 Å². The van der Waals surface area contributed by atoms with Crippen molar-refractivity contribution in [1.82, 2.24) is 20.4 Å². The van der Waals surface area contributed by atoms with Crippen molar-refractivity contribution in [3.63, 3.8) is 0 Å². The van der Waals surface area contributed by atoms with E-state index in [9.17, 15) is 23.6 Å². The molecule has 3 heterocycles. The summed E-state index contributed by atoms with van der Waals surface area (Å²) in [5.74, 6) is -0.499. The Labute approximate surface area is 188 Å². The number of carbonyl (C=O) groups excluding carboxylic acids is 3. The first-order valence-electron chi connectivity index (χ1n) is 10.5. The van der Waals surface area contributed by atoms with Crippen molar-refractivity contribution in [2.75, 3.05) is 26.2 Å². The highest BCUT2D eigenvalue weighted by atomic mass is 19.1. The largest absolute Gasteiger partial charge is 0.482 e. The molecule has 2 aliphatic heterocycles.